The first-order chi connectivity index (χ1) is 9.00. The van der Waals surface area contributed by atoms with Gasteiger partial charge in [-0.25, -0.2) is 13.0 Å². The van der Waals surface area contributed by atoms with E-state index in [0.29, 0.717) is 10.5 Å². The van der Waals surface area contributed by atoms with Gasteiger partial charge < -0.3 is 0 Å². The van der Waals surface area contributed by atoms with Crippen molar-refractivity contribution >= 4 is 9.73 Å². The third-order valence-electron chi connectivity index (χ3n) is 3.76. The van der Waals surface area contributed by atoms with Crippen molar-refractivity contribution < 1.29 is 8.60 Å². The quantitative estimate of drug-likeness (QED) is 0.817. The molecule has 0 heterocycles. The molecule has 0 aliphatic heterocycles. The van der Waals surface area contributed by atoms with Crippen molar-refractivity contribution in [1.29, 1.82) is 0 Å². The Kier molecular flexibility index (Phi) is 3.16. The molecule has 0 amide bonds. The Morgan fingerprint density at radius 1 is 1.26 bits per heavy atom. The highest BCUT2D eigenvalue weighted by atomic mass is 32.2. The van der Waals surface area contributed by atoms with Crippen LogP contribution in [0.2, 0.25) is 0 Å². The molecule has 1 unspecified atom stereocenters. The summed E-state index contributed by atoms with van der Waals surface area (Å²) in [5.41, 5.74) is 0.688. The molecule has 0 aromatic heterocycles. The SMILES string of the molecule is CC(C)c1ccc(S(=O)(=NC2CC2)C2CC2)cc1F. The molecule has 1 aromatic rings. The van der Waals surface area contributed by atoms with Crippen LogP contribution in [0.1, 0.15) is 51.0 Å². The minimum absolute atomic E-state index is 0.145. The molecule has 1 atom stereocenters. The maximum absolute atomic E-state index is 14.1. The van der Waals surface area contributed by atoms with Gasteiger partial charge in [0.05, 0.1) is 20.7 Å². The normalized spacial score (nSPS) is 22.3. The number of halogens is 1. The van der Waals surface area contributed by atoms with Gasteiger partial charge >= 0.3 is 0 Å². The fraction of sp³-hybridized carbons (Fsp3) is 0.600. The van der Waals surface area contributed by atoms with Crippen LogP contribution in [0.3, 0.4) is 0 Å². The molecule has 2 aliphatic carbocycles. The Morgan fingerprint density at radius 2 is 1.95 bits per heavy atom. The zero-order chi connectivity index (χ0) is 13.6. The number of hydrogen-bond donors (Lipinski definition) is 0. The molecule has 2 saturated carbocycles. The van der Waals surface area contributed by atoms with Gasteiger partial charge in [0.2, 0.25) is 0 Å². The lowest BCUT2D eigenvalue weighted by Crippen LogP contribution is -2.09. The van der Waals surface area contributed by atoms with Gasteiger partial charge in [0.15, 0.2) is 0 Å². The lowest BCUT2D eigenvalue weighted by atomic mass is 10.0. The average Bonchev–Trinajstić information content (AvgIpc) is 3.21. The zero-order valence-electron chi connectivity index (χ0n) is 11.4. The first kappa shape index (κ1) is 13.1. The highest BCUT2D eigenvalue weighted by molar-refractivity contribution is 7.94. The maximum atomic E-state index is 14.1. The molecule has 4 heteroatoms. The Bertz CT molecular complexity index is 609. The van der Waals surface area contributed by atoms with E-state index in [2.05, 4.69) is 4.36 Å². The van der Waals surface area contributed by atoms with Crippen molar-refractivity contribution in [3.05, 3.63) is 29.6 Å². The average molecular weight is 281 g/mol. The summed E-state index contributed by atoms with van der Waals surface area (Å²) in [6, 6.07) is 5.31. The van der Waals surface area contributed by atoms with Gasteiger partial charge in [-0.1, -0.05) is 19.9 Å². The topological polar surface area (TPSA) is 29.4 Å². The fourth-order valence-electron chi connectivity index (χ4n) is 2.29. The highest BCUT2D eigenvalue weighted by Crippen LogP contribution is 2.39. The Morgan fingerprint density at radius 3 is 2.42 bits per heavy atom. The van der Waals surface area contributed by atoms with E-state index < -0.39 is 9.73 Å². The monoisotopic (exact) mass is 281 g/mol. The van der Waals surface area contributed by atoms with Crippen molar-refractivity contribution in [3.63, 3.8) is 0 Å². The summed E-state index contributed by atoms with van der Waals surface area (Å²) in [5, 5.41) is 0.150. The molecular formula is C15H20FNOS. The molecule has 19 heavy (non-hydrogen) atoms. The van der Waals surface area contributed by atoms with Crippen LogP contribution in [0.15, 0.2) is 27.5 Å². The molecular weight excluding hydrogens is 261 g/mol. The molecule has 0 saturated heterocycles. The highest BCUT2D eigenvalue weighted by Gasteiger charge is 2.37. The van der Waals surface area contributed by atoms with Crippen LogP contribution in [0.4, 0.5) is 4.39 Å². The van der Waals surface area contributed by atoms with Crippen LogP contribution < -0.4 is 0 Å². The summed E-state index contributed by atoms with van der Waals surface area (Å²) in [7, 11) is -2.39. The van der Waals surface area contributed by atoms with Crippen LogP contribution in [0.25, 0.3) is 0 Å². The van der Waals surface area contributed by atoms with E-state index >= 15 is 0 Å². The molecule has 0 N–H and O–H groups in total. The standard InChI is InChI=1S/C15H20FNOS/c1-10(2)14-8-7-13(9-15(14)16)19(18,12-5-6-12)17-11-3-4-11/h7-12H,3-6H2,1-2H3. The van der Waals surface area contributed by atoms with Crippen LogP contribution in [-0.4, -0.2) is 15.5 Å². The Labute approximate surface area is 114 Å². The zero-order valence-corrected chi connectivity index (χ0v) is 12.3. The van der Waals surface area contributed by atoms with Crippen molar-refractivity contribution in [2.75, 3.05) is 0 Å². The molecule has 3 rings (SSSR count). The largest absolute Gasteiger partial charge is 0.244 e. The summed E-state index contributed by atoms with van der Waals surface area (Å²) in [5.74, 6) is -0.0988. The van der Waals surface area contributed by atoms with Crippen molar-refractivity contribution in [3.8, 4) is 0 Å². The predicted molar refractivity (Wildman–Crippen MR) is 75.4 cm³/mol. The van der Waals surface area contributed by atoms with Crippen LogP contribution >= 0.6 is 0 Å². The van der Waals surface area contributed by atoms with Gasteiger partial charge in [0.25, 0.3) is 0 Å². The third-order valence-corrected chi connectivity index (χ3v) is 6.68. The van der Waals surface area contributed by atoms with Gasteiger partial charge in [-0.3, -0.25) is 0 Å². The third kappa shape index (κ3) is 2.55. The first-order valence-corrected chi connectivity index (χ1v) is 8.63. The fourth-order valence-corrected chi connectivity index (χ4v) is 4.93. The Hall–Kier alpha value is -0.900. The molecule has 2 aliphatic rings. The van der Waals surface area contributed by atoms with E-state index in [9.17, 15) is 8.60 Å². The van der Waals surface area contributed by atoms with E-state index in [1.165, 1.54) is 6.07 Å². The number of hydrogen-bond acceptors (Lipinski definition) is 2. The van der Waals surface area contributed by atoms with E-state index in [1.807, 2.05) is 19.9 Å². The molecule has 1 aromatic carbocycles. The summed E-state index contributed by atoms with van der Waals surface area (Å²) in [6.45, 7) is 3.93. The minimum atomic E-state index is -2.39. The van der Waals surface area contributed by atoms with Crippen LogP contribution in [0, 0.1) is 5.82 Å². The second-order valence-electron chi connectivity index (χ2n) is 5.94. The van der Waals surface area contributed by atoms with Crippen molar-refractivity contribution in [1.82, 2.24) is 0 Å². The summed E-state index contributed by atoms with van der Waals surface area (Å²) in [4.78, 5) is 0.601. The Balaban J connectivity index is 2.04. The van der Waals surface area contributed by atoms with Crippen LogP contribution in [-0.2, 0) is 9.73 Å². The van der Waals surface area contributed by atoms with E-state index in [0.717, 1.165) is 25.7 Å². The predicted octanol–water partition coefficient (Wildman–Crippen LogP) is 4.10. The molecule has 0 spiro atoms. The first-order valence-electron chi connectivity index (χ1n) is 7.05. The number of benzene rings is 1. The maximum Gasteiger partial charge on any atom is 0.127 e. The van der Waals surface area contributed by atoms with Gasteiger partial charge in [-0.15, -0.1) is 0 Å². The van der Waals surface area contributed by atoms with Gasteiger partial charge in [0.1, 0.15) is 5.82 Å². The smallest absolute Gasteiger partial charge is 0.127 e. The molecule has 2 fully saturated rings. The van der Waals surface area contributed by atoms with Crippen LogP contribution in [0.5, 0.6) is 0 Å². The molecule has 0 radical (unpaired) electrons. The van der Waals surface area contributed by atoms with E-state index in [4.69, 9.17) is 0 Å². The molecule has 104 valence electrons. The second kappa shape index (κ2) is 4.58. The minimum Gasteiger partial charge on any atom is -0.244 e. The van der Waals surface area contributed by atoms with Crippen molar-refractivity contribution in [2.24, 2.45) is 4.36 Å². The van der Waals surface area contributed by atoms with Crippen molar-refractivity contribution in [2.45, 2.75) is 61.6 Å². The number of rotatable bonds is 4. The lowest BCUT2D eigenvalue weighted by molar-refractivity contribution is 0.593. The summed E-state index contributed by atoms with van der Waals surface area (Å²) in [6.07, 6.45) is 4.00. The lowest BCUT2D eigenvalue weighted by Gasteiger charge is -2.12. The number of nitrogens with zero attached hydrogens (tertiary/aromatic N) is 1. The molecule has 0 bridgehead atoms. The van der Waals surface area contributed by atoms with E-state index in [-0.39, 0.29) is 23.0 Å². The van der Waals surface area contributed by atoms with Gasteiger partial charge in [-0.2, -0.15) is 0 Å². The van der Waals surface area contributed by atoms with Gasteiger partial charge in [-0.05, 0) is 49.3 Å². The summed E-state index contributed by atoms with van der Waals surface area (Å²) >= 11 is 0. The summed E-state index contributed by atoms with van der Waals surface area (Å²) < 4.78 is 31.7. The second-order valence-corrected chi connectivity index (χ2v) is 8.43. The molecule has 2 nitrogen and oxygen atoms in total. The van der Waals surface area contributed by atoms with E-state index in [1.54, 1.807) is 6.07 Å². The van der Waals surface area contributed by atoms with Gasteiger partial charge in [0, 0.05) is 5.25 Å².